The highest BCUT2D eigenvalue weighted by Gasteiger charge is 2.21. The van der Waals surface area contributed by atoms with Crippen molar-refractivity contribution in [3.05, 3.63) is 83.8 Å². The molecule has 0 atom stereocenters. The number of hydrogen-bond acceptors (Lipinski definition) is 8. The smallest absolute Gasteiger partial charge is 0.270 e. The van der Waals surface area contributed by atoms with Gasteiger partial charge in [-0.1, -0.05) is 18.2 Å². The van der Waals surface area contributed by atoms with Crippen molar-refractivity contribution in [2.75, 3.05) is 26.6 Å². The molecule has 0 bridgehead atoms. The number of imidazole rings is 1. The number of ether oxygens (including phenoxy) is 3. The molecular formula is C28H25N7O4. The topological polar surface area (TPSA) is 139 Å². The summed E-state index contributed by atoms with van der Waals surface area (Å²) in [7, 11) is 4.64. The molecular weight excluding hydrogens is 498 g/mol. The maximum atomic E-state index is 12.4. The third kappa shape index (κ3) is 4.91. The zero-order valence-electron chi connectivity index (χ0n) is 21.5. The van der Waals surface area contributed by atoms with E-state index in [9.17, 15) is 10.1 Å². The second-order valence-corrected chi connectivity index (χ2v) is 8.42. The van der Waals surface area contributed by atoms with Gasteiger partial charge in [-0.25, -0.2) is 0 Å². The van der Waals surface area contributed by atoms with E-state index >= 15 is 0 Å². The van der Waals surface area contributed by atoms with Crippen LogP contribution in [-0.2, 0) is 6.54 Å². The lowest BCUT2D eigenvalue weighted by molar-refractivity contribution is 0.0946. The zero-order valence-corrected chi connectivity index (χ0v) is 21.5. The molecule has 0 saturated heterocycles. The predicted molar refractivity (Wildman–Crippen MR) is 144 cm³/mol. The fourth-order valence-electron chi connectivity index (χ4n) is 4.22. The molecule has 0 aliphatic heterocycles. The van der Waals surface area contributed by atoms with Crippen LogP contribution in [0.4, 0.5) is 11.5 Å². The van der Waals surface area contributed by atoms with Crippen molar-refractivity contribution in [1.82, 2.24) is 24.9 Å². The maximum Gasteiger partial charge on any atom is 0.270 e. The van der Waals surface area contributed by atoms with Gasteiger partial charge in [0.1, 0.15) is 17.3 Å². The van der Waals surface area contributed by atoms with Gasteiger partial charge in [-0.15, -0.1) is 0 Å². The summed E-state index contributed by atoms with van der Waals surface area (Å²) in [6.07, 6.45) is 3.08. The van der Waals surface area contributed by atoms with E-state index in [0.29, 0.717) is 52.2 Å². The van der Waals surface area contributed by atoms with E-state index in [-0.39, 0.29) is 5.91 Å². The highest BCUT2D eigenvalue weighted by molar-refractivity contribution is 5.92. The van der Waals surface area contributed by atoms with Crippen LogP contribution < -0.4 is 24.8 Å². The number of amides is 1. The van der Waals surface area contributed by atoms with E-state index in [1.165, 1.54) is 6.20 Å². The van der Waals surface area contributed by atoms with Crippen LogP contribution in [0.5, 0.6) is 17.2 Å². The SMILES string of the molecule is COc1cc(-c2[nH]c3c(C#N)cnn3c2Nc2cccc(CNC(=O)c3ccccn3)c2)cc(OC)c1OC. The van der Waals surface area contributed by atoms with Crippen LogP contribution in [0.15, 0.2) is 67.0 Å². The first-order valence-corrected chi connectivity index (χ1v) is 11.9. The van der Waals surface area contributed by atoms with E-state index in [1.54, 1.807) is 50.2 Å². The molecule has 0 aliphatic rings. The summed E-state index contributed by atoms with van der Waals surface area (Å²) in [5.41, 5.74) is 4.28. The number of nitrogens with zero attached hydrogens (tertiary/aromatic N) is 4. The van der Waals surface area contributed by atoms with E-state index in [1.807, 2.05) is 36.4 Å². The number of carbonyl (C=O) groups is 1. The fourth-order valence-corrected chi connectivity index (χ4v) is 4.22. The van der Waals surface area contributed by atoms with Crippen LogP contribution >= 0.6 is 0 Å². The number of pyridine rings is 1. The fraction of sp³-hybridized carbons (Fsp3) is 0.143. The first-order valence-electron chi connectivity index (χ1n) is 11.9. The van der Waals surface area contributed by atoms with Crippen LogP contribution in [0.25, 0.3) is 16.9 Å². The van der Waals surface area contributed by atoms with Gasteiger partial charge in [0, 0.05) is 24.0 Å². The number of methoxy groups -OCH3 is 3. The summed E-state index contributed by atoms with van der Waals surface area (Å²) < 4.78 is 18.2. The average molecular weight is 524 g/mol. The molecule has 1 amide bonds. The van der Waals surface area contributed by atoms with Crippen molar-refractivity contribution in [2.24, 2.45) is 0 Å². The second-order valence-electron chi connectivity index (χ2n) is 8.42. The first-order chi connectivity index (χ1) is 19.1. The number of fused-ring (bicyclic) bond motifs is 1. The average Bonchev–Trinajstić information content (AvgIpc) is 3.55. The molecule has 196 valence electrons. The molecule has 0 aliphatic carbocycles. The van der Waals surface area contributed by atoms with Crippen LogP contribution in [0.1, 0.15) is 21.6 Å². The summed E-state index contributed by atoms with van der Waals surface area (Å²) in [5.74, 6) is 1.77. The summed E-state index contributed by atoms with van der Waals surface area (Å²) in [4.78, 5) is 19.8. The van der Waals surface area contributed by atoms with E-state index < -0.39 is 0 Å². The van der Waals surface area contributed by atoms with Gasteiger partial charge in [0.25, 0.3) is 5.91 Å². The molecule has 5 rings (SSSR count). The van der Waals surface area contributed by atoms with Crippen LogP contribution in [-0.4, -0.2) is 46.8 Å². The second kappa shape index (κ2) is 10.9. The first kappa shape index (κ1) is 25.2. The van der Waals surface area contributed by atoms with Crippen molar-refractivity contribution in [2.45, 2.75) is 6.54 Å². The van der Waals surface area contributed by atoms with E-state index in [4.69, 9.17) is 14.2 Å². The Balaban J connectivity index is 1.50. The molecule has 3 aromatic heterocycles. The summed E-state index contributed by atoms with van der Waals surface area (Å²) >= 11 is 0. The van der Waals surface area contributed by atoms with Crippen molar-refractivity contribution in [3.63, 3.8) is 0 Å². The lowest BCUT2D eigenvalue weighted by Gasteiger charge is -2.15. The quantitative estimate of drug-likeness (QED) is 0.260. The standard InChI is InChI=1S/C28H25N7O4/c1-37-22-12-18(13-23(38-2)25(22)39-3)24-27(35-26(34-24)19(14-29)16-32-35)33-20-8-6-7-17(11-20)15-31-28(36)21-9-4-5-10-30-21/h4-13,16,33-34H,15H2,1-3H3,(H,31,36). The molecule has 0 radical (unpaired) electrons. The van der Waals surface area contributed by atoms with Crippen molar-refractivity contribution in [3.8, 4) is 34.6 Å². The molecule has 3 heterocycles. The minimum Gasteiger partial charge on any atom is -0.493 e. The zero-order chi connectivity index (χ0) is 27.4. The Labute approximate surface area is 224 Å². The molecule has 11 nitrogen and oxygen atoms in total. The van der Waals surface area contributed by atoms with E-state index in [0.717, 1.165) is 16.8 Å². The van der Waals surface area contributed by atoms with Gasteiger partial charge in [0.05, 0.1) is 33.2 Å². The van der Waals surface area contributed by atoms with Crippen molar-refractivity contribution >= 4 is 23.1 Å². The number of carbonyl (C=O) groups excluding carboxylic acids is 1. The third-order valence-electron chi connectivity index (χ3n) is 6.08. The van der Waals surface area contributed by atoms with Gasteiger partial charge >= 0.3 is 0 Å². The lowest BCUT2D eigenvalue weighted by Crippen LogP contribution is -2.23. The highest BCUT2D eigenvalue weighted by Crippen LogP contribution is 2.43. The van der Waals surface area contributed by atoms with Crippen LogP contribution in [0.2, 0.25) is 0 Å². The van der Waals surface area contributed by atoms with Crippen LogP contribution in [0.3, 0.4) is 0 Å². The number of anilines is 2. The molecule has 5 aromatic rings. The molecule has 0 unspecified atom stereocenters. The summed E-state index contributed by atoms with van der Waals surface area (Å²) in [6.45, 7) is 0.313. The summed E-state index contributed by atoms with van der Waals surface area (Å²) in [6, 6.07) is 18.6. The Bertz CT molecular complexity index is 1660. The number of rotatable bonds is 9. The number of H-pyrrole nitrogens is 1. The minimum absolute atomic E-state index is 0.258. The number of hydrogen-bond donors (Lipinski definition) is 3. The minimum atomic E-state index is -0.258. The molecule has 39 heavy (non-hydrogen) atoms. The molecule has 0 fully saturated rings. The number of benzene rings is 2. The highest BCUT2D eigenvalue weighted by atomic mass is 16.5. The molecule has 3 N–H and O–H groups in total. The Morgan fingerprint density at radius 2 is 1.85 bits per heavy atom. The number of nitrogens with one attached hydrogen (secondary N) is 3. The van der Waals surface area contributed by atoms with Gasteiger partial charge in [0.2, 0.25) is 5.75 Å². The molecule has 0 spiro atoms. The van der Waals surface area contributed by atoms with Gasteiger partial charge in [-0.2, -0.15) is 14.9 Å². The van der Waals surface area contributed by atoms with Gasteiger partial charge < -0.3 is 29.8 Å². The van der Waals surface area contributed by atoms with Gasteiger partial charge in [0.15, 0.2) is 23.0 Å². The Kier molecular flexibility index (Phi) is 7.00. The summed E-state index contributed by atoms with van der Waals surface area (Å²) in [5, 5.41) is 20.3. The third-order valence-corrected chi connectivity index (χ3v) is 6.08. The van der Waals surface area contributed by atoms with Crippen LogP contribution in [0, 0.1) is 11.3 Å². The number of aromatic nitrogens is 4. The number of nitriles is 1. The van der Waals surface area contributed by atoms with Crippen molar-refractivity contribution < 1.29 is 19.0 Å². The predicted octanol–water partition coefficient (Wildman–Crippen LogP) is 4.30. The lowest BCUT2D eigenvalue weighted by atomic mass is 10.1. The Morgan fingerprint density at radius 1 is 1.05 bits per heavy atom. The van der Waals surface area contributed by atoms with Crippen molar-refractivity contribution in [1.29, 1.82) is 5.26 Å². The largest absolute Gasteiger partial charge is 0.493 e. The number of aromatic amines is 1. The van der Waals surface area contributed by atoms with E-state index in [2.05, 4.69) is 31.8 Å². The maximum absolute atomic E-state index is 12.4. The Morgan fingerprint density at radius 3 is 2.51 bits per heavy atom. The monoisotopic (exact) mass is 523 g/mol. The van der Waals surface area contributed by atoms with Gasteiger partial charge in [-0.05, 0) is 42.0 Å². The molecule has 11 heteroatoms. The molecule has 2 aromatic carbocycles. The molecule has 0 saturated carbocycles. The normalized spacial score (nSPS) is 10.6. The Hall–Kier alpha value is -5.50. The van der Waals surface area contributed by atoms with Gasteiger partial charge in [-0.3, -0.25) is 9.78 Å².